The molecule has 146 valence electrons. The van der Waals surface area contributed by atoms with Crippen LogP contribution in [0.3, 0.4) is 0 Å². The lowest BCUT2D eigenvalue weighted by atomic mass is 9.49. The second-order valence-electron chi connectivity index (χ2n) is 8.59. The van der Waals surface area contributed by atoms with Crippen LogP contribution in [-0.4, -0.2) is 26.0 Å². The third kappa shape index (κ3) is 3.26. The molecular weight excluding hydrogens is 344 g/mol. The van der Waals surface area contributed by atoms with Crippen molar-refractivity contribution < 1.29 is 19.1 Å². The Balaban J connectivity index is 1.61. The van der Waals surface area contributed by atoms with Crippen LogP contribution in [0.2, 0.25) is 0 Å². The van der Waals surface area contributed by atoms with Crippen molar-refractivity contribution in [2.45, 2.75) is 45.4 Å². The molecule has 0 radical (unpaired) electrons. The lowest BCUT2D eigenvalue weighted by Crippen LogP contribution is -2.51. The maximum atomic E-state index is 13.3. The van der Waals surface area contributed by atoms with Gasteiger partial charge < -0.3 is 20.1 Å². The van der Waals surface area contributed by atoms with Crippen molar-refractivity contribution in [3.8, 4) is 11.5 Å². The summed E-state index contributed by atoms with van der Waals surface area (Å²) in [6.45, 7) is 1.44. The van der Waals surface area contributed by atoms with Crippen molar-refractivity contribution in [2.24, 2.45) is 23.2 Å². The molecule has 0 atom stereocenters. The smallest absolute Gasteiger partial charge is 0.230 e. The molecule has 1 aromatic rings. The van der Waals surface area contributed by atoms with Crippen LogP contribution in [0.15, 0.2) is 12.1 Å². The minimum absolute atomic E-state index is 0.0961. The van der Waals surface area contributed by atoms with E-state index in [2.05, 4.69) is 10.6 Å². The maximum Gasteiger partial charge on any atom is 0.230 e. The summed E-state index contributed by atoms with van der Waals surface area (Å²) in [4.78, 5) is 24.9. The SMILES string of the molecule is COc1cc(OC)c(NC(=O)C23CC4CC(CC(C4)C2)C3)cc1NC(C)=O. The minimum atomic E-state index is -0.242. The van der Waals surface area contributed by atoms with E-state index in [1.54, 1.807) is 19.2 Å². The standard InChI is InChI=1S/C21H28N2O4/c1-12(24)22-16-7-17(19(27-3)8-18(16)26-2)23-20(25)21-9-13-4-14(10-21)6-15(5-13)11-21/h7-8,13-15H,4-6,9-11H2,1-3H3,(H,22,24)(H,23,25). The number of hydrogen-bond donors (Lipinski definition) is 2. The van der Waals surface area contributed by atoms with Crippen LogP contribution in [0.1, 0.15) is 45.4 Å². The number of methoxy groups -OCH3 is 2. The fraction of sp³-hybridized carbons (Fsp3) is 0.619. The summed E-state index contributed by atoms with van der Waals surface area (Å²) in [5.41, 5.74) is 0.850. The van der Waals surface area contributed by atoms with Gasteiger partial charge >= 0.3 is 0 Å². The summed E-state index contributed by atoms with van der Waals surface area (Å²) in [6.07, 6.45) is 6.90. The molecule has 6 heteroatoms. The number of amides is 2. The van der Waals surface area contributed by atoms with E-state index < -0.39 is 0 Å². The van der Waals surface area contributed by atoms with Gasteiger partial charge in [-0.05, 0) is 62.3 Å². The van der Waals surface area contributed by atoms with E-state index in [0.29, 0.717) is 40.6 Å². The zero-order chi connectivity index (χ0) is 19.2. The largest absolute Gasteiger partial charge is 0.494 e. The number of nitrogens with one attached hydrogen (secondary N) is 2. The van der Waals surface area contributed by atoms with Crippen molar-refractivity contribution in [2.75, 3.05) is 24.9 Å². The zero-order valence-corrected chi connectivity index (χ0v) is 16.3. The Kier molecular flexibility index (Phi) is 4.52. The van der Waals surface area contributed by atoms with Gasteiger partial charge in [0.15, 0.2) is 0 Å². The molecule has 0 heterocycles. The van der Waals surface area contributed by atoms with Gasteiger partial charge in [-0.1, -0.05) is 0 Å². The Labute approximate surface area is 160 Å². The van der Waals surface area contributed by atoms with E-state index in [1.807, 2.05) is 0 Å². The molecule has 4 aliphatic carbocycles. The average Bonchev–Trinajstić information content (AvgIpc) is 2.60. The molecule has 0 spiro atoms. The quantitative estimate of drug-likeness (QED) is 0.824. The first-order valence-corrected chi connectivity index (χ1v) is 9.77. The Morgan fingerprint density at radius 2 is 1.37 bits per heavy atom. The van der Waals surface area contributed by atoms with E-state index in [4.69, 9.17) is 9.47 Å². The highest BCUT2D eigenvalue weighted by Crippen LogP contribution is 2.60. The summed E-state index contributed by atoms with van der Waals surface area (Å²) in [6, 6.07) is 3.41. The Morgan fingerprint density at radius 1 is 0.889 bits per heavy atom. The zero-order valence-electron chi connectivity index (χ0n) is 16.3. The maximum absolute atomic E-state index is 13.3. The van der Waals surface area contributed by atoms with E-state index in [1.165, 1.54) is 33.3 Å². The van der Waals surface area contributed by atoms with Gasteiger partial charge in [0.25, 0.3) is 0 Å². The molecule has 1 aromatic carbocycles. The van der Waals surface area contributed by atoms with E-state index in [9.17, 15) is 9.59 Å². The number of ether oxygens (including phenoxy) is 2. The third-order valence-electron chi connectivity index (χ3n) is 6.60. The molecule has 0 aliphatic heterocycles. The molecule has 4 aliphatic rings. The van der Waals surface area contributed by atoms with Gasteiger partial charge in [-0.15, -0.1) is 0 Å². The predicted molar refractivity (Wildman–Crippen MR) is 103 cm³/mol. The van der Waals surface area contributed by atoms with Crippen LogP contribution in [-0.2, 0) is 9.59 Å². The van der Waals surface area contributed by atoms with E-state index in [-0.39, 0.29) is 17.2 Å². The van der Waals surface area contributed by atoms with Crippen LogP contribution in [0.25, 0.3) is 0 Å². The van der Waals surface area contributed by atoms with Crippen LogP contribution >= 0.6 is 0 Å². The van der Waals surface area contributed by atoms with Crippen LogP contribution in [0.4, 0.5) is 11.4 Å². The monoisotopic (exact) mass is 372 g/mol. The van der Waals surface area contributed by atoms with Crippen LogP contribution in [0.5, 0.6) is 11.5 Å². The molecule has 0 aromatic heterocycles. The van der Waals surface area contributed by atoms with Gasteiger partial charge in [0, 0.05) is 13.0 Å². The van der Waals surface area contributed by atoms with E-state index >= 15 is 0 Å². The fourth-order valence-electron chi connectivity index (χ4n) is 5.93. The van der Waals surface area contributed by atoms with Gasteiger partial charge in [-0.3, -0.25) is 9.59 Å². The fourth-order valence-corrected chi connectivity index (χ4v) is 5.93. The molecule has 6 nitrogen and oxygen atoms in total. The van der Waals surface area contributed by atoms with Crippen molar-refractivity contribution >= 4 is 23.2 Å². The van der Waals surface area contributed by atoms with Crippen molar-refractivity contribution in [3.05, 3.63) is 12.1 Å². The number of carbonyl (C=O) groups excluding carboxylic acids is 2. The Morgan fingerprint density at radius 3 is 1.81 bits per heavy atom. The molecule has 0 saturated heterocycles. The van der Waals surface area contributed by atoms with E-state index in [0.717, 1.165) is 19.3 Å². The first-order chi connectivity index (χ1) is 12.9. The van der Waals surface area contributed by atoms with Crippen molar-refractivity contribution in [1.82, 2.24) is 0 Å². The Hall–Kier alpha value is -2.24. The van der Waals surface area contributed by atoms with Gasteiger partial charge in [0.1, 0.15) is 11.5 Å². The lowest BCUT2D eigenvalue weighted by molar-refractivity contribution is -0.140. The highest BCUT2D eigenvalue weighted by atomic mass is 16.5. The van der Waals surface area contributed by atoms with Gasteiger partial charge in [0.05, 0.1) is 31.0 Å². The summed E-state index contributed by atoms with van der Waals surface area (Å²) in [5, 5.41) is 5.87. The first kappa shape index (κ1) is 18.1. The highest BCUT2D eigenvalue weighted by molar-refractivity contribution is 5.99. The number of hydrogen-bond acceptors (Lipinski definition) is 4. The topological polar surface area (TPSA) is 76.7 Å². The molecule has 2 amide bonds. The molecule has 0 unspecified atom stereocenters. The van der Waals surface area contributed by atoms with Gasteiger partial charge in [0.2, 0.25) is 11.8 Å². The van der Waals surface area contributed by atoms with Crippen molar-refractivity contribution in [1.29, 1.82) is 0 Å². The third-order valence-corrected chi connectivity index (χ3v) is 6.60. The normalized spacial score (nSPS) is 30.7. The van der Waals surface area contributed by atoms with Crippen LogP contribution in [0, 0.1) is 23.2 Å². The second kappa shape index (κ2) is 6.73. The summed E-state index contributed by atoms with van der Waals surface area (Å²) in [5.74, 6) is 3.03. The van der Waals surface area contributed by atoms with Crippen molar-refractivity contribution in [3.63, 3.8) is 0 Å². The summed E-state index contributed by atoms with van der Waals surface area (Å²) in [7, 11) is 3.10. The average molecular weight is 372 g/mol. The molecule has 27 heavy (non-hydrogen) atoms. The summed E-state index contributed by atoms with van der Waals surface area (Å²) >= 11 is 0. The molecule has 4 saturated carbocycles. The number of carbonyl (C=O) groups is 2. The molecule has 4 fully saturated rings. The Bertz CT molecular complexity index is 738. The number of benzene rings is 1. The predicted octanol–water partition coefficient (Wildman–Crippen LogP) is 3.82. The van der Waals surface area contributed by atoms with Crippen LogP contribution < -0.4 is 20.1 Å². The first-order valence-electron chi connectivity index (χ1n) is 9.77. The highest BCUT2D eigenvalue weighted by Gasteiger charge is 2.54. The number of rotatable bonds is 5. The molecule has 4 bridgehead atoms. The molecule has 2 N–H and O–H groups in total. The lowest BCUT2D eigenvalue weighted by Gasteiger charge is -2.55. The molecular formula is C21H28N2O4. The molecule has 5 rings (SSSR count). The minimum Gasteiger partial charge on any atom is -0.494 e. The summed E-state index contributed by atoms with van der Waals surface area (Å²) < 4.78 is 10.8. The second-order valence-corrected chi connectivity index (χ2v) is 8.59. The van der Waals surface area contributed by atoms with Gasteiger partial charge in [-0.25, -0.2) is 0 Å². The number of anilines is 2. The van der Waals surface area contributed by atoms with Gasteiger partial charge in [-0.2, -0.15) is 0 Å².